The lowest BCUT2D eigenvalue weighted by Gasteiger charge is -2.15. The standard InChI is InChI=1S/C23H22F3NO7/c1-30-9-10-32-19-8-7-14(23(24,25)26)11-17(19)27-20(28)13-33-22(29)21-16(12-31-2)15-5-3-4-6-18(15)34-21/h3-8,11H,9-10,12-13H2,1-2H3,(H,27,28). The summed E-state index contributed by atoms with van der Waals surface area (Å²) in [6, 6.07) is 9.56. The van der Waals surface area contributed by atoms with Gasteiger partial charge in [-0.25, -0.2) is 4.79 Å². The SMILES string of the molecule is COCCOc1ccc(C(F)(F)F)cc1NC(=O)COC(=O)c1oc2ccccc2c1COC. The maximum atomic E-state index is 13.1. The van der Waals surface area contributed by atoms with Gasteiger partial charge in [0.15, 0.2) is 6.61 Å². The summed E-state index contributed by atoms with van der Waals surface area (Å²) < 4.78 is 65.3. The fourth-order valence-electron chi connectivity index (χ4n) is 3.10. The number of carbonyl (C=O) groups excluding carboxylic acids is 2. The number of hydrogen-bond acceptors (Lipinski definition) is 7. The molecular formula is C23H22F3NO7. The third-order valence-corrected chi connectivity index (χ3v) is 4.63. The highest BCUT2D eigenvalue weighted by atomic mass is 19.4. The Morgan fingerprint density at radius 1 is 1.03 bits per heavy atom. The zero-order valence-electron chi connectivity index (χ0n) is 18.4. The van der Waals surface area contributed by atoms with E-state index in [0.29, 0.717) is 16.5 Å². The van der Waals surface area contributed by atoms with E-state index in [9.17, 15) is 22.8 Å². The Bertz CT molecular complexity index is 1160. The summed E-state index contributed by atoms with van der Waals surface area (Å²) in [7, 11) is 2.89. The van der Waals surface area contributed by atoms with Gasteiger partial charge in [-0.2, -0.15) is 13.2 Å². The number of methoxy groups -OCH3 is 2. The minimum Gasteiger partial charge on any atom is -0.489 e. The number of ether oxygens (including phenoxy) is 4. The molecule has 0 fully saturated rings. The third kappa shape index (κ3) is 6.06. The van der Waals surface area contributed by atoms with Crippen molar-refractivity contribution in [3.8, 4) is 5.75 Å². The maximum Gasteiger partial charge on any atom is 0.416 e. The Morgan fingerprint density at radius 3 is 2.50 bits per heavy atom. The summed E-state index contributed by atoms with van der Waals surface area (Å²) in [5.74, 6) is -1.91. The predicted molar refractivity (Wildman–Crippen MR) is 115 cm³/mol. The van der Waals surface area contributed by atoms with Gasteiger partial charge in [0.05, 0.1) is 24.5 Å². The molecule has 0 bridgehead atoms. The van der Waals surface area contributed by atoms with Gasteiger partial charge in [0.1, 0.15) is 17.9 Å². The Balaban J connectivity index is 1.72. The van der Waals surface area contributed by atoms with Gasteiger partial charge in [0.25, 0.3) is 5.91 Å². The molecule has 11 heteroatoms. The molecule has 0 radical (unpaired) electrons. The van der Waals surface area contributed by atoms with Gasteiger partial charge in [-0.05, 0) is 24.3 Å². The van der Waals surface area contributed by atoms with E-state index in [4.69, 9.17) is 23.4 Å². The van der Waals surface area contributed by atoms with Crippen molar-refractivity contribution in [3.63, 3.8) is 0 Å². The van der Waals surface area contributed by atoms with Gasteiger partial charge in [-0.15, -0.1) is 0 Å². The Morgan fingerprint density at radius 2 is 1.79 bits per heavy atom. The molecule has 8 nitrogen and oxygen atoms in total. The molecule has 1 aromatic heterocycles. The number of nitrogens with one attached hydrogen (secondary N) is 1. The molecule has 0 unspecified atom stereocenters. The minimum absolute atomic E-state index is 0.00407. The number of furan rings is 1. The van der Waals surface area contributed by atoms with Crippen LogP contribution in [0.3, 0.4) is 0 Å². The van der Waals surface area contributed by atoms with Crippen molar-refractivity contribution < 1.29 is 46.1 Å². The number of rotatable bonds is 10. The monoisotopic (exact) mass is 481 g/mol. The lowest BCUT2D eigenvalue weighted by atomic mass is 10.1. The fourth-order valence-corrected chi connectivity index (χ4v) is 3.10. The summed E-state index contributed by atoms with van der Waals surface area (Å²) in [5.41, 5.74) is -0.316. The van der Waals surface area contributed by atoms with E-state index in [1.807, 2.05) is 0 Å². The van der Waals surface area contributed by atoms with Crippen LogP contribution in [0.25, 0.3) is 11.0 Å². The van der Waals surface area contributed by atoms with Crippen LogP contribution in [-0.2, 0) is 31.8 Å². The molecule has 0 aliphatic carbocycles. The van der Waals surface area contributed by atoms with Crippen LogP contribution in [0.5, 0.6) is 5.75 Å². The number of hydrogen-bond donors (Lipinski definition) is 1. The van der Waals surface area contributed by atoms with Crippen molar-refractivity contribution in [1.29, 1.82) is 0 Å². The average Bonchev–Trinajstić information content (AvgIpc) is 3.17. The number of halogens is 3. The van der Waals surface area contributed by atoms with Crippen LogP contribution >= 0.6 is 0 Å². The molecule has 0 atom stereocenters. The van der Waals surface area contributed by atoms with E-state index in [0.717, 1.165) is 18.2 Å². The molecule has 3 rings (SSSR count). The van der Waals surface area contributed by atoms with Gasteiger partial charge in [0.2, 0.25) is 5.76 Å². The van der Waals surface area contributed by atoms with Crippen LogP contribution in [0.1, 0.15) is 21.7 Å². The van der Waals surface area contributed by atoms with E-state index in [1.165, 1.54) is 14.2 Å². The summed E-state index contributed by atoms with van der Waals surface area (Å²) in [5, 5.41) is 2.94. The molecule has 3 aromatic rings. The number of para-hydroxylation sites is 1. The largest absolute Gasteiger partial charge is 0.489 e. The summed E-state index contributed by atoms with van der Waals surface area (Å²) >= 11 is 0. The average molecular weight is 481 g/mol. The highest BCUT2D eigenvalue weighted by Crippen LogP contribution is 2.35. The first-order valence-electron chi connectivity index (χ1n) is 10.0. The lowest BCUT2D eigenvalue weighted by Crippen LogP contribution is -2.22. The normalized spacial score (nSPS) is 11.4. The zero-order valence-corrected chi connectivity index (χ0v) is 18.4. The van der Waals surface area contributed by atoms with E-state index >= 15 is 0 Å². The number of amides is 1. The molecule has 1 N–H and O–H groups in total. The number of anilines is 1. The second-order valence-corrected chi connectivity index (χ2v) is 7.01. The molecule has 1 amide bonds. The smallest absolute Gasteiger partial charge is 0.416 e. The van der Waals surface area contributed by atoms with Crippen molar-refractivity contribution in [2.45, 2.75) is 12.8 Å². The molecule has 0 saturated heterocycles. The molecule has 0 aliphatic heterocycles. The molecule has 0 aliphatic rings. The predicted octanol–water partition coefficient (Wildman–Crippen LogP) is 4.42. The highest BCUT2D eigenvalue weighted by Gasteiger charge is 2.31. The number of fused-ring (bicyclic) bond motifs is 1. The molecule has 2 aromatic carbocycles. The van der Waals surface area contributed by atoms with Gasteiger partial charge >= 0.3 is 12.1 Å². The van der Waals surface area contributed by atoms with Gasteiger partial charge in [-0.1, -0.05) is 18.2 Å². The first-order valence-corrected chi connectivity index (χ1v) is 10.0. The van der Waals surface area contributed by atoms with E-state index in [-0.39, 0.29) is 37.0 Å². The lowest BCUT2D eigenvalue weighted by molar-refractivity contribution is -0.137. The van der Waals surface area contributed by atoms with E-state index in [2.05, 4.69) is 5.32 Å². The van der Waals surface area contributed by atoms with Crippen LogP contribution < -0.4 is 10.1 Å². The van der Waals surface area contributed by atoms with Gasteiger partial charge in [0, 0.05) is 25.2 Å². The summed E-state index contributed by atoms with van der Waals surface area (Å²) in [6.07, 6.45) is -4.63. The van der Waals surface area contributed by atoms with Crippen LogP contribution in [0.15, 0.2) is 46.9 Å². The number of alkyl halides is 3. The molecule has 0 spiro atoms. The minimum atomic E-state index is -4.63. The van der Waals surface area contributed by atoms with Crippen molar-refractivity contribution in [3.05, 3.63) is 59.4 Å². The fraction of sp³-hybridized carbons (Fsp3) is 0.304. The molecular weight excluding hydrogens is 459 g/mol. The Kier molecular flexibility index (Phi) is 8.13. The van der Waals surface area contributed by atoms with Crippen molar-refractivity contribution in [2.24, 2.45) is 0 Å². The van der Waals surface area contributed by atoms with Crippen LogP contribution in [0, 0.1) is 0 Å². The second kappa shape index (κ2) is 11.0. The number of carbonyl (C=O) groups is 2. The highest BCUT2D eigenvalue weighted by molar-refractivity contribution is 5.98. The quantitative estimate of drug-likeness (QED) is 0.338. The zero-order chi connectivity index (χ0) is 24.7. The Hall–Kier alpha value is -3.57. The Labute approximate surface area is 192 Å². The molecule has 1 heterocycles. The van der Waals surface area contributed by atoms with Crippen molar-refractivity contribution >= 4 is 28.5 Å². The van der Waals surface area contributed by atoms with Crippen LogP contribution in [-0.4, -0.2) is 45.9 Å². The number of esters is 1. The van der Waals surface area contributed by atoms with Crippen LogP contribution in [0.2, 0.25) is 0 Å². The summed E-state index contributed by atoms with van der Waals surface area (Å²) in [6.45, 7) is -0.461. The number of benzene rings is 2. The molecule has 34 heavy (non-hydrogen) atoms. The van der Waals surface area contributed by atoms with Gasteiger partial charge in [-0.3, -0.25) is 4.79 Å². The second-order valence-electron chi connectivity index (χ2n) is 7.01. The first kappa shape index (κ1) is 25.1. The van der Waals surface area contributed by atoms with Crippen molar-refractivity contribution in [1.82, 2.24) is 0 Å². The molecule has 0 saturated carbocycles. The van der Waals surface area contributed by atoms with Crippen LogP contribution in [0.4, 0.5) is 18.9 Å². The van der Waals surface area contributed by atoms with E-state index < -0.39 is 30.2 Å². The summed E-state index contributed by atoms with van der Waals surface area (Å²) in [4.78, 5) is 24.9. The topological polar surface area (TPSA) is 96.2 Å². The maximum absolute atomic E-state index is 13.1. The first-order chi connectivity index (χ1) is 16.2. The van der Waals surface area contributed by atoms with E-state index in [1.54, 1.807) is 24.3 Å². The van der Waals surface area contributed by atoms with Crippen molar-refractivity contribution in [2.75, 3.05) is 39.4 Å². The molecule has 182 valence electrons. The third-order valence-electron chi connectivity index (χ3n) is 4.63. The van der Waals surface area contributed by atoms with Gasteiger partial charge < -0.3 is 28.7 Å².